The summed E-state index contributed by atoms with van der Waals surface area (Å²) < 4.78 is 6.92. The highest BCUT2D eigenvalue weighted by Crippen LogP contribution is 2.62. The molecule has 1 aliphatic rings. The molecule has 0 saturated carbocycles. The number of carbonyl (C=O) groups is 1. The Kier molecular flexibility index (Phi) is 5.73. The lowest BCUT2D eigenvalue weighted by Gasteiger charge is -2.15. The van der Waals surface area contributed by atoms with Crippen LogP contribution in [0.5, 0.6) is 0 Å². The number of benzene rings is 1. The number of hydrogen-bond donors (Lipinski definition) is 1. The molecule has 0 bridgehead atoms. The van der Waals surface area contributed by atoms with Gasteiger partial charge in [-0.15, -0.1) is 0 Å². The van der Waals surface area contributed by atoms with Crippen molar-refractivity contribution < 1.29 is 14.4 Å². The number of hydrogen-bond acceptors (Lipinski definition) is 4. The number of ether oxygens (including phenoxy) is 1. The Morgan fingerprint density at radius 3 is 2.59 bits per heavy atom. The number of rotatable bonds is 5. The van der Waals surface area contributed by atoms with Crippen LogP contribution in [-0.4, -0.2) is 39.6 Å². The molecule has 1 aromatic heterocycles. The van der Waals surface area contributed by atoms with E-state index in [-0.39, 0.29) is 11.4 Å². The topological polar surface area (TPSA) is 64.3 Å². The van der Waals surface area contributed by atoms with Crippen LogP contribution < -0.4 is 0 Å². The first-order valence-electron chi connectivity index (χ1n) is 9.68. The zero-order valence-corrected chi connectivity index (χ0v) is 17.6. The lowest BCUT2D eigenvalue weighted by atomic mass is 9.92. The number of carbonyl (C=O) groups excluding carboxylic acids is 1. The molecule has 0 spiro atoms. The van der Waals surface area contributed by atoms with E-state index in [9.17, 15) is 9.69 Å². The molecule has 0 aliphatic carbocycles. The molecule has 3 rings (SSSR count). The van der Waals surface area contributed by atoms with Crippen LogP contribution in [0.2, 0.25) is 0 Å². The van der Waals surface area contributed by atoms with Gasteiger partial charge in [-0.3, -0.25) is 4.89 Å². The summed E-state index contributed by atoms with van der Waals surface area (Å²) in [6, 6.07) is 9.84. The molecule has 1 saturated heterocycles. The first-order chi connectivity index (χ1) is 12.7. The second kappa shape index (κ2) is 7.73. The summed E-state index contributed by atoms with van der Waals surface area (Å²) in [6.07, 6.45) is 4.92. The Morgan fingerprint density at radius 2 is 1.96 bits per heavy atom. The third kappa shape index (κ3) is 4.59. The van der Waals surface area contributed by atoms with Crippen molar-refractivity contribution in [2.24, 2.45) is 0 Å². The highest BCUT2D eigenvalue weighted by atomic mass is 31.2. The molecule has 27 heavy (non-hydrogen) atoms. The number of aromatic nitrogens is 2. The van der Waals surface area contributed by atoms with E-state index >= 15 is 0 Å². The van der Waals surface area contributed by atoms with E-state index in [0.29, 0.717) is 12.3 Å². The van der Waals surface area contributed by atoms with Gasteiger partial charge in [-0.05, 0) is 43.5 Å². The number of esters is 1. The van der Waals surface area contributed by atoms with E-state index in [2.05, 4.69) is 26.8 Å². The van der Waals surface area contributed by atoms with Crippen LogP contribution in [0.4, 0.5) is 0 Å². The molecular formula is C21H30N2O3P+. The maximum Gasteiger partial charge on any atom is 0.357 e. The van der Waals surface area contributed by atoms with Crippen LogP contribution in [0.1, 0.15) is 62.3 Å². The van der Waals surface area contributed by atoms with Gasteiger partial charge >= 0.3 is 5.97 Å². The van der Waals surface area contributed by atoms with Crippen LogP contribution in [0.25, 0.3) is 5.69 Å². The Labute approximate surface area is 162 Å². The molecule has 5 nitrogen and oxygen atoms in total. The molecule has 2 heterocycles. The monoisotopic (exact) mass is 389 g/mol. The molecule has 0 radical (unpaired) electrons. The molecular weight excluding hydrogens is 359 g/mol. The van der Waals surface area contributed by atoms with Crippen LogP contribution >= 0.6 is 7.49 Å². The van der Waals surface area contributed by atoms with Crippen molar-refractivity contribution >= 4 is 13.5 Å². The van der Waals surface area contributed by atoms with E-state index in [4.69, 9.17) is 9.84 Å². The SMILES string of the molecule is CCOC(=O)c1cc(C(C)(C)C)nn1-c1cccc(C[P+]2(O)CCCC2)c1. The van der Waals surface area contributed by atoms with Crippen LogP contribution in [0.15, 0.2) is 30.3 Å². The third-order valence-corrected chi connectivity index (χ3v) is 8.24. The Bertz CT molecular complexity index is 817. The van der Waals surface area contributed by atoms with Gasteiger partial charge in [-0.25, -0.2) is 9.48 Å². The molecule has 6 heteroatoms. The van der Waals surface area contributed by atoms with Crippen molar-refractivity contribution in [3.63, 3.8) is 0 Å². The number of nitrogens with zero attached hydrogens (tertiary/aromatic N) is 2. The van der Waals surface area contributed by atoms with Crippen molar-refractivity contribution in [3.8, 4) is 5.69 Å². The second-order valence-corrected chi connectivity index (χ2v) is 11.8. The largest absolute Gasteiger partial charge is 0.461 e. The first kappa shape index (κ1) is 20.0. The smallest absolute Gasteiger partial charge is 0.357 e. The minimum Gasteiger partial charge on any atom is -0.461 e. The Balaban J connectivity index is 1.98. The molecule has 146 valence electrons. The van der Waals surface area contributed by atoms with Gasteiger partial charge in [0, 0.05) is 5.41 Å². The van der Waals surface area contributed by atoms with Crippen molar-refractivity contribution in [2.45, 2.75) is 52.1 Å². The Morgan fingerprint density at radius 1 is 1.26 bits per heavy atom. The minimum absolute atomic E-state index is 0.172. The maximum absolute atomic E-state index is 12.5. The molecule has 0 atom stereocenters. The van der Waals surface area contributed by atoms with E-state index in [1.807, 2.05) is 24.3 Å². The van der Waals surface area contributed by atoms with E-state index in [1.54, 1.807) is 11.6 Å². The average Bonchev–Trinajstić information content (AvgIpc) is 3.22. The summed E-state index contributed by atoms with van der Waals surface area (Å²) in [6.45, 7) is 8.35. The van der Waals surface area contributed by atoms with Gasteiger partial charge in [0.1, 0.15) is 13.7 Å². The summed E-state index contributed by atoms with van der Waals surface area (Å²) in [5.74, 6) is -0.368. The van der Waals surface area contributed by atoms with Crippen LogP contribution in [0, 0.1) is 0 Å². The van der Waals surface area contributed by atoms with Gasteiger partial charge < -0.3 is 4.74 Å². The lowest BCUT2D eigenvalue weighted by Crippen LogP contribution is -2.13. The van der Waals surface area contributed by atoms with Gasteiger partial charge in [0.25, 0.3) is 0 Å². The van der Waals surface area contributed by atoms with E-state index in [0.717, 1.165) is 48.3 Å². The van der Waals surface area contributed by atoms with Gasteiger partial charge in [0.2, 0.25) is 0 Å². The zero-order chi connectivity index (χ0) is 19.7. The lowest BCUT2D eigenvalue weighted by molar-refractivity contribution is 0.0515. The summed E-state index contributed by atoms with van der Waals surface area (Å²) in [5, 5.41) is 4.71. The maximum atomic E-state index is 12.5. The molecule has 1 N–H and O–H groups in total. The normalized spacial score (nSPS) is 16.5. The van der Waals surface area contributed by atoms with Gasteiger partial charge in [0.05, 0.1) is 30.3 Å². The summed E-state index contributed by atoms with van der Waals surface area (Å²) in [5.41, 5.74) is 3.05. The fraction of sp³-hybridized carbons (Fsp3) is 0.524. The fourth-order valence-electron chi connectivity index (χ4n) is 3.50. The third-order valence-electron chi connectivity index (χ3n) is 4.99. The van der Waals surface area contributed by atoms with Crippen molar-refractivity contribution in [1.82, 2.24) is 9.78 Å². The van der Waals surface area contributed by atoms with Gasteiger partial charge in [-0.1, -0.05) is 32.9 Å². The second-order valence-electron chi connectivity index (χ2n) is 8.37. The van der Waals surface area contributed by atoms with Crippen molar-refractivity contribution in [2.75, 3.05) is 18.9 Å². The van der Waals surface area contributed by atoms with Crippen molar-refractivity contribution in [3.05, 3.63) is 47.3 Å². The predicted molar refractivity (Wildman–Crippen MR) is 110 cm³/mol. The van der Waals surface area contributed by atoms with Gasteiger partial charge in [0.15, 0.2) is 5.69 Å². The standard InChI is InChI=1S/C21H30N2O3P/c1-5-26-20(24)18-14-19(21(2,3)4)22-23(18)17-10-8-9-16(13-17)15-27(25)11-6-7-12-27/h8-10,13-14,25H,5-7,11-12,15H2,1-4H3/q+1. The summed E-state index contributed by atoms with van der Waals surface area (Å²) in [7, 11) is -1.84. The zero-order valence-electron chi connectivity index (χ0n) is 16.7. The summed E-state index contributed by atoms with van der Waals surface area (Å²) in [4.78, 5) is 23.3. The fourth-order valence-corrected chi connectivity index (χ4v) is 6.54. The van der Waals surface area contributed by atoms with Gasteiger partial charge in [-0.2, -0.15) is 5.10 Å². The highest BCUT2D eigenvalue weighted by Gasteiger charge is 2.39. The molecule has 1 aliphatic heterocycles. The Hall–Kier alpha value is -1.71. The predicted octanol–water partition coefficient (Wildman–Crippen LogP) is 4.57. The highest BCUT2D eigenvalue weighted by molar-refractivity contribution is 7.69. The molecule has 0 unspecified atom stereocenters. The summed E-state index contributed by atoms with van der Waals surface area (Å²) >= 11 is 0. The van der Waals surface area contributed by atoms with Crippen molar-refractivity contribution in [1.29, 1.82) is 0 Å². The van der Waals surface area contributed by atoms with Crippen LogP contribution in [0.3, 0.4) is 0 Å². The van der Waals surface area contributed by atoms with Crippen LogP contribution in [-0.2, 0) is 16.3 Å². The average molecular weight is 389 g/mol. The quantitative estimate of drug-likeness (QED) is 0.601. The molecule has 1 fully saturated rings. The van der Waals surface area contributed by atoms with E-state index in [1.165, 1.54) is 0 Å². The van der Waals surface area contributed by atoms with E-state index < -0.39 is 7.49 Å². The minimum atomic E-state index is -1.84. The molecule has 1 aromatic carbocycles. The first-order valence-corrected chi connectivity index (χ1v) is 12.0. The molecule has 0 amide bonds. The molecule has 2 aromatic rings.